The van der Waals surface area contributed by atoms with Crippen LogP contribution in [0, 0.1) is 11.7 Å². The number of carboxylic acids is 1. The third kappa shape index (κ3) is 4.24. The summed E-state index contributed by atoms with van der Waals surface area (Å²) >= 11 is 6.45. The fraction of sp³-hybridized carbons (Fsp3) is 0.381. The Morgan fingerprint density at radius 1 is 1.30 bits per heavy atom. The third-order valence-corrected chi connectivity index (χ3v) is 5.76. The zero-order valence-corrected chi connectivity index (χ0v) is 17.5. The molecule has 3 aromatic rings. The van der Waals surface area contributed by atoms with E-state index in [0.717, 1.165) is 0 Å². The molecule has 0 radical (unpaired) electrons. The van der Waals surface area contributed by atoms with E-state index in [0.29, 0.717) is 46.6 Å². The molecule has 9 heteroatoms. The molecule has 0 saturated carbocycles. The number of nitrogens with two attached hydrogens (primary N) is 1. The molecule has 0 aliphatic carbocycles. The van der Waals surface area contributed by atoms with E-state index in [1.165, 1.54) is 18.3 Å². The van der Waals surface area contributed by atoms with Crippen molar-refractivity contribution in [2.45, 2.75) is 45.2 Å². The molecular formula is C21H24ClFN4O3. The van der Waals surface area contributed by atoms with Crippen LogP contribution < -0.4 is 5.73 Å². The van der Waals surface area contributed by atoms with Gasteiger partial charge in [-0.15, -0.1) is 0 Å². The molecule has 2 aromatic heterocycles. The Morgan fingerprint density at radius 2 is 1.97 bits per heavy atom. The number of benzene rings is 1. The number of nitrogens with zero attached hydrogens (tertiary/aromatic N) is 3. The minimum absolute atomic E-state index is 0.182. The summed E-state index contributed by atoms with van der Waals surface area (Å²) in [7, 11) is 0. The van der Waals surface area contributed by atoms with Gasteiger partial charge in [0.15, 0.2) is 5.65 Å². The third-order valence-electron chi connectivity index (χ3n) is 5.47. The predicted molar refractivity (Wildman–Crippen MR) is 113 cm³/mol. The summed E-state index contributed by atoms with van der Waals surface area (Å²) in [6.07, 6.45) is 3.23. The minimum atomic E-state index is -1.04. The van der Waals surface area contributed by atoms with Crippen LogP contribution in [0.1, 0.15) is 39.2 Å². The molecule has 160 valence electrons. The Balaban J connectivity index is 2.06. The quantitative estimate of drug-likeness (QED) is 0.484. The van der Waals surface area contributed by atoms with Gasteiger partial charge in [-0.1, -0.05) is 37.6 Å². The van der Waals surface area contributed by atoms with E-state index in [1.807, 2.05) is 6.92 Å². The molecule has 0 amide bonds. The number of aromatic nitrogens is 3. The molecule has 4 N–H and O–H groups in total. The van der Waals surface area contributed by atoms with Crippen LogP contribution in [0.4, 0.5) is 4.39 Å². The van der Waals surface area contributed by atoms with E-state index >= 15 is 0 Å². The molecular weight excluding hydrogens is 411 g/mol. The van der Waals surface area contributed by atoms with E-state index < -0.39 is 12.0 Å². The molecule has 7 nitrogen and oxygen atoms in total. The summed E-state index contributed by atoms with van der Waals surface area (Å²) in [6, 6.07) is 4.55. The maximum Gasteiger partial charge on any atom is 0.320 e. The highest BCUT2D eigenvalue weighted by Gasteiger charge is 2.26. The van der Waals surface area contributed by atoms with Gasteiger partial charge in [0.25, 0.3) is 6.01 Å². The van der Waals surface area contributed by atoms with E-state index in [4.69, 9.17) is 22.4 Å². The number of imidazole rings is 1. The van der Waals surface area contributed by atoms with Crippen molar-refractivity contribution >= 4 is 28.7 Å². The van der Waals surface area contributed by atoms with Crippen LogP contribution in [0.2, 0.25) is 5.02 Å². The topological polar surface area (TPSA) is 114 Å². The molecule has 2 unspecified atom stereocenters. The smallest absolute Gasteiger partial charge is 0.320 e. The summed E-state index contributed by atoms with van der Waals surface area (Å²) in [6.45, 7) is 3.76. The maximum atomic E-state index is 13.4. The fourth-order valence-corrected chi connectivity index (χ4v) is 3.91. The molecule has 0 saturated heterocycles. The van der Waals surface area contributed by atoms with E-state index in [1.54, 1.807) is 23.6 Å². The van der Waals surface area contributed by atoms with Gasteiger partial charge in [0.1, 0.15) is 17.4 Å². The summed E-state index contributed by atoms with van der Waals surface area (Å²) < 4.78 is 15.1. The highest BCUT2D eigenvalue weighted by atomic mass is 35.5. The fourth-order valence-electron chi connectivity index (χ4n) is 3.66. The Morgan fingerprint density at radius 3 is 2.57 bits per heavy atom. The second-order valence-corrected chi connectivity index (χ2v) is 7.83. The van der Waals surface area contributed by atoms with Crippen LogP contribution in [0.5, 0.6) is 6.01 Å². The lowest BCUT2D eigenvalue weighted by atomic mass is 9.94. The first-order valence-electron chi connectivity index (χ1n) is 9.74. The van der Waals surface area contributed by atoms with E-state index in [2.05, 4.69) is 9.97 Å². The number of pyridine rings is 1. The lowest BCUT2D eigenvalue weighted by Crippen LogP contribution is -2.36. The zero-order chi connectivity index (χ0) is 22.0. The molecule has 0 aliphatic heterocycles. The standard InChI is InChI=1S/C21H24ClFN4O3/c1-3-14(9-4-11(2)17(24)20(28)29)27-18-16(12-5-7-13(23)8-6-12)15(22)10-25-19(18)26-21(27)30/h5-8,10-11,14,17H,3-4,9,24H2,1-2H3,(H,28,29)(H,25,26,30)/t11?,14?,17-/m0/s1. The number of aliphatic carboxylic acids is 1. The number of fused-ring (bicyclic) bond motifs is 1. The molecule has 0 aliphatic rings. The SMILES string of the molecule is CCC(CCC(C)[C@H](N)C(=O)O)n1c(O)nc2ncc(Cl)c(-c3ccc(F)cc3)c21. The number of halogens is 2. The van der Waals surface area contributed by atoms with Crippen molar-refractivity contribution in [3.05, 3.63) is 41.3 Å². The van der Waals surface area contributed by atoms with Crippen molar-refractivity contribution < 1.29 is 19.4 Å². The van der Waals surface area contributed by atoms with Gasteiger partial charge in [-0.2, -0.15) is 4.98 Å². The van der Waals surface area contributed by atoms with Crippen LogP contribution in [0.25, 0.3) is 22.3 Å². The molecule has 0 bridgehead atoms. The lowest BCUT2D eigenvalue weighted by molar-refractivity contribution is -0.139. The van der Waals surface area contributed by atoms with E-state index in [-0.39, 0.29) is 23.8 Å². The number of hydrogen-bond acceptors (Lipinski definition) is 5. The molecule has 1 aromatic carbocycles. The first-order valence-corrected chi connectivity index (χ1v) is 10.1. The number of carboxylic acid groups (broad SMARTS) is 1. The van der Waals surface area contributed by atoms with Crippen LogP contribution >= 0.6 is 11.6 Å². The normalized spacial score (nSPS) is 14.6. The second-order valence-electron chi connectivity index (χ2n) is 7.42. The van der Waals surface area contributed by atoms with Crippen molar-refractivity contribution in [3.63, 3.8) is 0 Å². The largest absolute Gasteiger partial charge is 0.480 e. The van der Waals surface area contributed by atoms with Crippen molar-refractivity contribution in [1.29, 1.82) is 0 Å². The van der Waals surface area contributed by atoms with Gasteiger partial charge >= 0.3 is 5.97 Å². The van der Waals surface area contributed by atoms with Gasteiger partial charge in [-0.25, -0.2) is 9.37 Å². The van der Waals surface area contributed by atoms with Crippen molar-refractivity contribution in [2.75, 3.05) is 0 Å². The van der Waals surface area contributed by atoms with Crippen molar-refractivity contribution in [3.8, 4) is 17.1 Å². The predicted octanol–water partition coefficient (Wildman–Crippen LogP) is 4.38. The van der Waals surface area contributed by atoms with Gasteiger partial charge in [-0.05, 0) is 42.9 Å². The zero-order valence-electron chi connectivity index (χ0n) is 16.7. The Hall–Kier alpha value is -2.71. The number of hydrogen-bond donors (Lipinski definition) is 3. The van der Waals surface area contributed by atoms with Gasteiger partial charge in [0.2, 0.25) is 0 Å². The van der Waals surface area contributed by atoms with Crippen molar-refractivity contribution in [2.24, 2.45) is 11.7 Å². The van der Waals surface area contributed by atoms with Crippen LogP contribution in [-0.4, -0.2) is 36.8 Å². The average Bonchev–Trinajstić information content (AvgIpc) is 3.04. The molecule has 30 heavy (non-hydrogen) atoms. The Labute approximate surface area is 178 Å². The number of rotatable bonds is 8. The van der Waals surface area contributed by atoms with Crippen LogP contribution in [0.3, 0.4) is 0 Å². The summed E-state index contributed by atoms with van der Waals surface area (Å²) in [4.78, 5) is 19.6. The van der Waals surface area contributed by atoms with Gasteiger partial charge in [-0.3, -0.25) is 9.36 Å². The number of aromatic hydroxyl groups is 1. The van der Waals surface area contributed by atoms with Crippen LogP contribution in [-0.2, 0) is 4.79 Å². The summed E-state index contributed by atoms with van der Waals surface area (Å²) in [5.41, 5.74) is 7.88. The average molecular weight is 435 g/mol. The summed E-state index contributed by atoms with van der Waals surface area (Å²) in [5, 5.41) is 20.1. The summed E-state index contributed by atoms with van der Waals surface area (Å²) in [5.74, 6) is -1.65. The van der Waals surface area contributed by atoms with Gasteiger partial charge in [0, 0.05) is 17.8 Å². The number of carbonyl (C=O) groups is 1. The minimum Gasteiger partial charge on any atom is -0.480 e. The molecule has 3 rings (SSSR count). The molecule has 3 atom stereocenters. The first kappa shape index (κ1) is 22.0. The maximum absolute atomic E-state index is 13.4. The van der Waals surface area contributed by atoms with Crippen LogP contribution in [0.15, 0.2) is 30.5 Å². The monoisotopic (exact) mass is 434 g/mol. The van der Waals surface area contributed by atoms with Crippen molar-refractivity contribution in [1.82, 2.24) is 14.5 Å². The Bertz CT molecular complexity index is 1050. The molecule has 0 spiro atoms. The lowest BCUT2D eigenvalue weighted by Gasteiger charge is -2.23. The molecule has 2 heterocycles. The highest BCUT2D eigenvalue weighted by Crippen LogP contribution is 2.39. The molecule has 0 fully saturated rings. The van der Waals surface area contributed by atoms with Gasteiger partial charge in [0.05, 0.1) is 5.02 Å². The van der Waals surface area contributed by atoms with E-state index in [9.17, 15) is 14.3 Å². The first-order chi connectivity index (χ1) is 14.2. The van der Waals surface area contributed by atoms with Gasteiger partial charge < -0.3 is 15.9 Å². The Kier molecular flexibility index (Phi) is 6.58. The highest BCUT2D eigenvalue weighted by molar-refractivity contribution is 6.34. The second kappa shape index (κ2) is 8.97.